The van der Waals surface area contributed by atoms with E-state index in [1.54, 1.807) is 0 Å². The van der Waals surface area contributed by atoms with Gasteiger partial charge >= 0.3 is 0 Å². The Bertz CT molecular complexity index is 274. The Hall–Kier alpha value is -0.540. The molecule has 0 amide bonds. The van der Waals surface area contributed by atoms with E-state index < -0.39 is 0 Å². The third-order valence-corrected chi connectivity index (χ3v) is 2.20. The highest BCUT2D eigenvalue weighted by atomic mass is 79.9. The summed E-state index contributed by atoms with van der Waals surface area (Å²) in [7, 11) is 0. The minimum absolute atomic E-state index is 0.149. The summed E-state index contributed by atoms with van der Waals surface area (Å²) >= 11 is 3.38. The third kappa shape index (κ3) is 3.01. The molecule has 0 atom stereocenters. The highest BCUT2D eigenvalue weighted by Crippen LogP contribution is 2.23. The predicted octanol–water partition coefficient (Wildman–Crippen LogP) is 2.38. The minimum Gasteiger partial charge on any atom is -0.494 e. The Kier molecular flexibility index (Phi) is 4.25. The van der Waals surface area contributed by atoms with E-state index in [9.17, 15) is 0 Å². The van der Waals surface area contributed by atoms with E-state index >= 15 is 0 Å². The molecule has 1 aromatic rings. The number of hydrogen-bond acceptors (Lipinski definition) is 2. The zero-order chi connectivity index (χ0) is 9.68. The number of benzene rings is 1. The van der Waals surface area contributed by atoms with Crippen LogP contribution in [0.3, 0.4) is 0 Å². The van der Waals surface area contributed by atoms with Crippen LogP contribution in [0, 0.1) is 0 Å². The van der Waals surface area contributed by atoms with Crippen molar-refractivity contribution < 1.29 is 9.84 Å². The molecule has 0 bridgehead atoms. The summed E-state index contributed by atoms with van der Waals surface area (Å²) in [6, 6.07) is 5.83. The molecule has 72 valence electrons. The van der Waals surface area contributed by atoms with E-state index in [2.05, 4.69) is 15.9 Å². The van der Waals surface area contributed by atoms with E-state index in [0.29, 0.717) is 13.0 Å². The summed E-state index contributed by atoms with van der Waals surface area (Å²) in [5.41, 5.74) is 1.04. The van der Waals surface area contributed by atoms with Gasteiger partial charge in [0.2, 0.25) is 0 Å². The number of halogens is 1. The summed E-state index contributed by atoms with van der Waals surface area (Å²) < 4.78 is 6.43. The Balaban J connectivity index is 2.89. The molecule has 0 aliphatic carbocycles. The molecular formula is C10H13BrO2. The first-order valence-corrected chi connectivity index (χ1v) is 5.09. The second kappa shape index (κ2) is 5.25. The Morgan fingerprint density at radius 2 is 2.23 bits per heavy atom. The topological polar surface area (TPSA) is 29.5 Å². The molecule has 1 aromatic carbocycles. The maximum absolute atomic E-state index is 8.83. The van der Waals surface area contributed by atoms with Gasteiger partial charge in [-0.25, -0.2) is 0 Å². The van der Waals surface area contributed by atoms with Crippen molar-refractivity contribution in [2.24, 2.45) is 0 Å². The Labute approximate surface area is 86.7 Å². The van der Waals surface area contributed by atoms with Gasteiger partial charge in [0.05, 0.1) is 6.61 Å². The molecule has 1 rings (SSSR count). The summed E-state index contributed by atoms with van der Waals surface area (Å²) in [5, 5.41) is 8.83. The maximum Gasteiger partial charge on any atom is 0.122 e. The smallest absolute Gasteiger partial charge is 0.122 e. The largest absolute Gasteiger partial charge is 0.494 e. The number of aliphatic hydroxyl groups excluding tert-OH is 1. The number of hydrogen-bond donors (Lipinski definition) is 1. The lowest BCUT2D eigenvalue weighted by Gasteiger charge is -2.09. The van der Waals surface area contributed by atoms with E-state index in [4.69, 9.17) is 9.84 Å². The van der Waals surface area contributed by atoms with Crippen molar-refractivity contribution >= 4 is 15.9 Å². The Morgan fingerprint density at radius 1 is 1.46 bits per heavy atom. The number of rotatable bonds is 4. The van der Waals surface area contributed by atoms with E-state index in [-0.39, 0.29) is 6.61 Å². The lowest BCUT2D eigenvalue weighted by atomic mass is 10.1. The van der Waals surface area contributed by atoms with Crippen LogP contribution in [0.25, 0.3) is 0 Å². The molecule has 0 saturated heterocycles. The minimum atomic E-state index is 0.149. The van der Waals surface area contributed by atoms with Gasteiger partial charge in [-0.3, -0.25) is 0 Å². The van der Waals surface area contributed by atoms with Crippen LogP contribution in [0.2, 0.25) is 0 Å². The molecule has 0 saturated carbocycles. The van der Waals surface area contributed by atoms with Gasteiger partial charge in [-0.1, -0.05) is 15.9 Å². The van der Waals surface area contributed by atoms with Gasteiger partial charge in [-0.05, 0) is 37.1 Å². The summed E-state index contributed by atoms with van der Waals surface area (Å²) in [5.74, 6) is 0.861. The molecule has 3 heteroatoms. The molecule has 0 radical (unpaired) electrons. The SMILES string of the molecule is CCOc1ccc(Br)cc1CCO. The molecule has 0 heterocycles. The first-order chi connectivity index (χ1) is 6.27. The van der Waals surface area contributed by atoms with E-state index in [1.807, 2.05) is 25.1 Å². The van der Waals surface area contributed by atoms with Crippen molar-refractivity contribution in [2.45, 2.75) is 13.3 Å². The van der Waals surface area contributed by atoms with Gasteiger partial charge < -0.3 is 9.84 Å². The maximum atomic E-state index is 8.83. The molecule has 0 aliphatic heterocycles. The van der Waals surface area contributed by atoms with Crippen molar-refractivity contribution in [3.05, 3.63) is 28.2 Å². The molecule has 0 fully saturated rings. The van der Waals surface area contributed by atoms with Crippen LogP contribution < -0.4 is 4.74 Å². The molecule has 0 aliphatic rings. The summed E-state index contributed by atoms with van der Waals surface area (Å²) in [4.78, 5) is 0. The van der Waals surface area contributed by atoms with Crippen molar-refractivity contribution in [1.29, 1.82) is 0 Å². The number of aliphatic hydroxyl groups is 1. The van der Waals surface area contributed by atoms with Crippen LogP contribution >= 0.6 is 15.9 Å². The number of ether oxygens (including phenoxy) is 1. The highest BCUT2D eigenvalue weighted by molar-refractivity contribution is 9.10. The molecule has 2 nitrogen and oxygen atoms in total. The summed E-state index contributed by atoms with van der Waals surface area (Å²) in [6.07, 6.45) is 0.634. The lowest BCUT2D eigenvalue weighted by Crippen LogP contribution is -1.98. The molecule has 0 spiro atoms. The fraction of sp³-hybridized carbons (Fsp3) is 0.400. The zero-order valence-corrected chi connectivity index (χ0v) is 9.17. The van der Waals surface area contributed by atoms with E-state index in [0.717, 1.165) is 15.8 Å². The normalized spacial score (nSPS) is 10.1. The molecular weight excluding hydrogens is 232 g/mol. The highest BCUT2D eigenvalue weighted by Gasteiger charge is 2.02. The second-order valence-corrected chi connectivity index (χ2v) is 3.57. The van der Waals surface area contributed by atoms with Gasteiger partial charge in [-0.15, -0.1) is 0 Å². The van der Waals surface area contributed by atoms with Gasteiger partial charge in [0, 0.05) is 11.1 Å². The molecule has 0 aromatic heterocycles. The van der Waals surface area contributed by atoms with Crippen molar-refractivity contribution in [3.63, 3.8) is 0 Å². The average molecular weight is 245 g/mol. The van der Waals surface area contributed by atoms with Crippen molar-refractivity contribution in [3.8, 4) is 5.75 Å². The average Bonchev–Trinajstić information content (AvgIpc) is 2.10. The van der Waals surface area contributed by atoms with Crippen LogP contribution in [0.1, 0.15) is 12.5 Å². The molecule has 0 unspecified atom stereocenters. The fourth-order valence-electron chi connectivity index (χ4n) is 1.16. The summed E-state index contributed by atoms with van der Waals surface area (Å²) in [6.45, 7) is 2.75. The van der Waals surface area contributed by atoms with Gasteiger partial charge in [0.1, 0.15) is 5.75 Å². The standard InChI is InChI=1S/C10H13BrO2/c1-2-13-10-4-3-9(11)7-8(10)5-6-12/h3-4,7,12H,2,5-6H2,1H3. The van der Waals surface area contributed by atoms with Crippen molar-refractivity contribution in [1.82, 2.24) is 0 Å². The second-order valence-electron chi connectivity index (χ2n) is 2.66. The van der Waals surface area contributed by atoms with Crippen molar-refractivity contribution in [2.75, 3.05) is 13.2 Å². The van der Waals surface area contributed by atoms with Crippen LogP contribution in [-0.2, 0) is 6.42 Å². The predicted molar refractivity (Wildman–Crippen MR) is 56.1 cm³/mol. The van der Waals surface area contributed by atoms with Crippen LogP contribution in [0.15, 0.2) is 22.7 Å². The van der Waals surface area contributed by atoms with Gasteiger partial charge in [0.25, 0.3) is 0 Å². The quantitative estimate of drug-likeness (QED) is 0.882. The molecule has 1 N–H and O–H groups in total. The zero-order valence-electron chi connectivity index (χ0n) is 7.59. The fourth-order valence-corrected chi connectivity index (χ4v) is 1.57. The lowest BCUT2D eigenvalue weighted by molar-refractivity contribution is 0.292. The van der Waals surface area contributed by atoms with Gasteiger partial charge in [-0.2, -0.15) is 0 Å². The van der Waals surface area contributed by atoms with Gasteiger partial charge in [0.15, 0.2) is 0 Å². The molecule has 13 heavy (non-hydrogen) atoms. The first-order valence-electron chi connectivity index (χ1n) is 4.30. The Morgan fingerprint density at radius 3 is 2.85 bits per heavy atom. The van der Waals surface area contributed by atoms with Crippen LogP contribution in [0.4, 0.5) is 0 Å². The third-order valence-electron chi connectivity index (χ3n) is 1.70. The monoisotopic (exact) mass is 244 g/mol. The first kappa shape index (κ1) is 10.5. The van der Waals surface area contributed by atoms with Crippen LogP contribution in [-0.4, -0.2) is 18.3 Å². The van der Waals surface area contributed by atoms with E-state index in [1.165, 1.54) is 0 Å². The van der Waals surface area contributed by atoms with Crippen LogP contribution in [0.5, 0.6) is 5.75 Å².